The Hall–Kier alpha value is -1.67. The van der Waals surface area contributed by atoms with Crippen LogP contribution in [0.5, 0.6) is 5.75 Å². The number of fused-ring (bicyclic) bond motifs is 1. The van der Waals surface area contributed by atoms with E-state index in [-0.39, 0.29) is 0 Å². The van der Waals surface area contributed by atoms with E-state index in [1.54, 1.807) is 0 Å². The molecular weight excluding hydrogens is 294 g/mol. The normalized spacial score (nSPS) is 17.1. The molecule has 0 saturated heterocycles. The Labute approximate surface area is 137 Å². The van der Waals surface area contributed by atoms with Crippen LogP contribution in [-0.2, 0) is 6.42 Å². The molecule has 2 aromatic rings. The van der Waals surface area contributed by atoms with Crippen molar-refractivity contribution in [1.82, 2.24) is 0 Å². The van der Waals surface area contributed by atoms with Crippen LogP contribution in [0.2, 0.25) is 5.02 Å². The van der Waals surface area contributed by atoms with Gasteiger partial charge < -0.3 is 10.1 Å². The number of hydrogen-bond acceptors (Lipinski definition) is 2. The van der Waals surface area contributed by atoms with Gasteiger partial charge in [0.2, 0.25) is 0 Å². The molecular formula is C19H22ClNO. The fraction of sp³-hybridized carbons (Fsp3) is 0.368. The first-order valence-electron chi connectivity index (χ1n) is 7.93. The molecule has 1 aliphatic heterocycles. The lowest BCUT2D eigenvalue weighted by molar-refractivity contribution is 0.300. The number of nitrogens with one attached hydrogen (secondary N) is 1. The Balaban J connectivity index is 1.86. The number of rotatable bonds is 3. The van der Waals surface area contributed by atoms with Crippen molar-refractivity contribution >= 4 is 17.3 Å². The summed E-state index contributed by atoms with van der Waals surface area (Å²) in [5, 5.41) is 4.35. The number of hydrogen-bond donors (Lipinski definition) is 1. The van der Waals surface area contributed by atoms with E-state index in [1.165, 1.54) is 16.7 Å². The molecule has 3 rings (SSSR count). The Morgan fingerprint density at radius 1 is 1.23 bits per heavy atom. The molecule has 0 fully saturated rings. The number of benzene rings is 2. The van der Waals surface area contributed by atoms with Crippen molar-refractivity contribution < 1.29 is 4.74 Å². The number of aryl methyl sites for hydroxylation is 2. The van der Waals surface area contributed by atoms with E-state index in [1.807, 2.05) is 6.07 Å². The SMILES string of the molecule is CCCc1cc(Cl)ccc1[C@H]1CNc2cc(C)ccc2OC1. The van der Waals surface area contributed by atoms with Gasteiger partial charge in [0.1, 0.15) is 5.75 Å². The smallest absolute Gasteiger partial charge is 0.142 e. The Bertz CT molecular complexity index is 668. The quantitative estimate of drug-likeness (QED) is 0.841. The van der Waals surface area contributed by atoms with Gasteiger partial charge in [-0.15, -0.1) is 0 Å². The van der Waals surface area contributed by atoms with Crippen molar-refractivity contribution in [3.05, 3.63) is 58.1 Å². The van der Waals surface area contributed by atoms with Crippen molar-refractivity contribution in [3.8, 4) is 5.75 Å². The van der Waals surface area contributed by atoms with Crippen molar-refractivity contribution in [1.29, 1.82) is 0 Å². The monoisotopic (exact) mass is 315 g/mol. The topological polar surface area (TPSA) is 21.3 Å². The zero-order valence-corrected chi connectivity index (χ0v) is 13.9. The minimum absolute atomic E-state index is 0.339. The maximum atomic E-state index is 6.17. The van der Waals surface area contributed by atoms with Gasteiger partial charge in [-0.1, -0.05) is 37.1 Å². The summed E-state index contributed by atoms with van der Waals surface area (Å²) < 4.78 is 6.04. The summed E-state index contributed by atoms with van der Waals surface area (Å²) in [4.78, 5) is 0. The van der Waals surface area contributed by atoms with Crippen molar-refractivity contribution in [2.45, 2.75) is 32.6 Å². The van der Waals surface area contributed by atoms with E-state index in [0.29, 0.717) is 12.5 Å². The van der Waals surface area contributed by atoms with Crippen LogP contribution >= 0.6 is 11.6 Å². The second-order valence-electron chi connectivity index (χ2n) is 5.98. The fourth-order valence-corrected chi connectivity index (χ4v) is 3.24. The van der Waals surface area contributed by atoms with Gasteiger partial charge in [-0.05, 0) is 54.3 Å². The van der Waals surface area contributed by atoms with Gasteiger partial charge in [-0.2, -0.15) is 0 Å². The van der Waals surface area contributed by atoms with Crippen molar-refractivity contribution in [2.75, 3.05) is 18.5 Å². The summed E-state index contributed by atoms with van der Waals surface area (Å²) in [7, 11) is 0. The molecule has 1 atom stereocenters. The summed E-state index contributed by atoms with van der Waals surface area (Å²) in [5.41, 5.74) is 5.02. The third kappa shape index (κ3) is 3.22. The van der Waals surface area contributed by atoms with Crippen LogP contribution in [0.25, 0.3) is 0 Å². The van der Waals surface area contributed by atoms with Crippen LogP contribution in [0.15, 0.2) is 36.4 Å². The predicted molar refractivity (Wildman–Crippen MR) is 93.4 cm³/mol. The van der Waals surface area contributed by atoms with Crippen LogP contribution in [0.4, 0.5) is 5.69 Å². The predicted octanol–water partition coefficient (Wildman–Crippen LogP) is 5.19. The summed E-state index contributed by atoms with van der Waals surface area (Å²) >= 11 is 6.17. The molecule has 22 heavy (non-hydrogen) atoms. The highest BCUT2D eigenvalue weighted by Crippen LogP contribution is 2.33. The molecule has 0 aromatic heterocycles. The average molecular weight is 316 g/mol. The van der Waals surface area contributed by atoms with Crippen LogP contribution in [0, 0.1) is 6.92 Å². The van der Waals surface area contributed by atoms with Gasteiger partial charge in [-0.3, -0.25) is 0 Å². The Kier molecular flexibility index (Phi) is 4.58. The second-order valence-corrected chi connectivity index (χ2v) is 6.42. The molecule has 0 saturated carbocycles. The third-order valence-electron chi connectivity index (χ3n) is 4.18. The van der Waals surface area contributed by atoms with Gasteiger partial charge in [0.05, 0.1) is 12.3 Å². The summed E-state index contributed by atoms with van der Waals surface area (Å²) in [6.45, 7) is 5.88. The Morgan fingerprint density at radius 2 is 2.09 bits per heavy atom. The molecule has 0 spiro atoms. The number of anilines is 1. The largest absolute Gasteiger partial charge is 0.491 e. The van der Waals surface area contributed by atoms with Gasteiger partial charge >= 0.3 is 0 Å². The van der Waals surface area contributed by atoms with Gasteiger partial charge in [-0.25, -0.2) is 0 Å². The van der Waals surface area contributed by atoms with Gasteiger partial charge in [0.25, 0.3) is 0 Å². The molecule has 1 aliphatic rings. The average Bonchev–Trinajstić information content (AvgIpc) is 2.70. The highest BCUT2D eigenvalue weighted by molar-refractivity contribution is 6.30. The summed E-state index contributed by atoms with van der Waals surface area (Å²) in [6.07, 6.45) is 2.17. The minimum atomic E-state index is 0.339. The van der Waals surface area contributed by atoms with Crippen LogP contribution in [-0.4, -0.2) is 13.2 Å². The molecule has 0 aliphatic carbocycles. The standard InChI is InChI=1S/C19H22ClNO/c1-3-4-14-10-16(20)6-7-17(14)15-11-21-18-9-13(2)5-8-19(18)22-12-15/h5-10,15,21H,3-4,11-12H2,1-2H3/t15-/m0/s1. The lowest BCUT2D eigenvalue weighted by Gasteiger charge is -2.18. The Morgan fingerprint density at radius 3 is 2.91 bits per heavy atom. The van der Waals surface area contributed by atoms with Gasteiger partial charge in [0.15, 0.2) is 0 Å². The fourth-order valence-electron chi connectivity index (χ4n) is 3.05. The van der Waals surface area contributed by atoms with Crippen molar-refractivity contribution in [2.24, 2.45) is 0 Å². The molecule has 3 heteroatoms. The van der Waals surface area contributed by atoms with Crippen LogP contribution in [0.3, 0.4) is 0 Å². The van der Waals surface area contributed by atoms with E-state index in [2.05, 4.69) is 49.5 Å². The van der Waals surface area contributed by atoms with E-state index in [4.69, 9.17) is 16.3 Å². The molecule has 2 nitrogen and oxygen atoms in total. The second kappa shape index (κ2) is 6.62. The summed E-state index contributed by atoms with van der Waals surface area (Å²) in [5.74, 6) is 1.28. The zero-order chi connectivity index (χ0) is 15.5. The molecule has 0 unspecified atom stereocenters. The first kappa shape index (κ1) is 15.2. The number of halogens is 1. The number of ether oxygens (including phenoxy) is 1. The van der Waals surface area contributed by atoms with E-state index in [0.717, 1.165) is 35.8 Å². The lowest BCUT2D eigenvalue weighted by Crippen LogP contribution is -2.17. The first-order valence-corrected chi connectivity index (χ1v) is 8.31. The molecule has 0 radical (unpaired) electrons. The summed E-state index contributed by atoms with van der Waals surface area (Å²) in [6, 6.07) is 12.5. The molecule has 2 aromatic carbocycles. The van der Waals surface area contributed by atoms with E-state index < -0.39 is 0 Å². The van der Waals surface area contributed by atoms with Crippen LogP contribution in [0.1, 0.15) is 36.0 Å². The highest BCUT2D eigenvalue weighted by atomic mass is 35.5. The molecule has 0 amide bonds. The first-order chi connectivity index (χ1) is 10.7. The molecule has 1 N–H and O–H groups in total. The highest BCUT2D eigenvalue weighted by Gasteiger charge is 2.20. The lowest BCUT2D eigenvalue weighted by atomic mass is 9.92. The van der Waals surface area contributed by atoms with Crippen LogP contribution < -0.4 is 10.1 Å². The molecule has 1 heterocycles. The molecule has 116 valence electrons. The molecule has 0 bridgehead atoms. The third-order valence-corrected chi connectivity index (χ3v) is 4.41. The maximum absolute atomic E-state index is 6.17. The minimum Gasteiger partial charge on any atom is -0.491 e. The van der Waals surface area contributed by atoms with Gasteiger partial charge in [0, 0.05) is 17.5 Å². The zero-order valence-electron chi connectivity index (χ0n) is 13.2. The van der Waals surface area contributed by atoms with Crippen molar-refractivity contribution in [3.63, 3.8) is 0 Å². The van der Waals surface area contributed by atoms with E-state index >= 15 is 0 Å². The maximum Gasteiger partial charge on any atom is 0.142 e. The van der Waals surface area contributed by atoms with E-state index in [9.17, 15) is 0 Å².